The van der Waals surface area contributed by atoms with Gasteiger partial charge in [0.1, 0.15) is 0 Å². The molecule has 0 bridgehead atoms. The Morgan fingerprint density at radius 3 is 1.04 bits per heavy atom. The van der Waals surface area contributed by atoms with Crippen molar-refractivity contribution >= 4 is 5.91 Å². The molecule has 0 aromatic heterocycles. The molecule has 3 N–H and O–H groups in total. The molecule has 0 aliphatic rings. The van der Waals surface area contributed by atoms with Crippen LogP contribution in [0.2, 0.25) is 0 Å². The lowest BCUT2D eigenvalue weighted by atomic mass is 10.0. The van der Waals surface area contributed by atoms with Crippen LogP contribution < -0.4 is 5.32 Å². The summed E-state index contributed by atoms with van der Waals surface area (Å²) in [6.07, 6.45) is 53.4. The fourth-order valence-electron chi connectivity index (χ4n) is 7.24. The topological polar surface area (TPSA) is 69.6 Å². The third kappa shape index (κ3) is 38.4. The smallest absolute Gasteiger partial charge is 0.220 e. The second-order valence-corrected chi connectivity index (χ2v) is 15.8. The van der Waals surface area contributed by atoms with Crippen molar-refractivity contribution in [3.63, 3.8) is 0 Å². The predicted octanol–water partition coefficient (Wildman–Crippen LogP) is 14.2. The lowest BCUT2D eigenvalue weighted by Gasteiger charge is -2.20. The summed E-state index contributed by atoms with van der Waals surface area (Å²) in [5, 5.41) is 23.0. The van der Waals surface area contributed by atoms with Crippen LogP contribution >= 0.6 is 0 Å². The molecule has 0 aliphatic carbocycles. The van der Waals surface area contributed by atoms with E-state index >= 15 is 0 Å². The number of allylic oxidation sites excluding steroid dienone is 1. The molecule has 50 heavy (non-hydrogen) atoms. The van der Waals surface area contributed by atoms with Crippen LogP contribution in [0.1, 0.15) is 258 Å². The summed E-state index contributed by atoms with van der Waals surface area (Å²) in [6.45, 7) is 4.31. The van der Waals surface area contributed by atoms with Crippen LogP contribution in [-0.2, 0) is 4.79 Å². The second-order valence-electron chi connectivity index (χ2n) is 15.8. The standard InChI is InChI=1S/C46H91NO3/c1-3-5-7-9-11-13-15-16-17-18-19-20-21-22-23-24-25-26-27-28-29-30-31-32-33-35-37-39-41-45(49)44(43-48)47-46(50)42-40-38-36-34-14-12-10-8-6-4-2/h39,41,44-45,48-49H,3-38,40,42-43H2,1-2H3,(H,47,50)/b41-39+. The molecule has 298 valence electrons. The van der Waals surface area contributed by atoms with Crippen molar-refractivity contribution in [3.05, 3.63) is 12.2 Å². The molecule has 1 amide bonds. The van der Waals surface area contributed by atoms with E-state index in [0.717, 1.165) is 25.7 Å². The monoisotopic (exact) mass is 706 g/mol. The third-order valence-electron chi connectivity index (χ3n) is 10.8. The third-order valence-corrected chi connectivity index (χ3v) is 10.8. The summed E-state index contributed by atoms with van der Waals surface area (Å²) in [5.74, 6) is -0.0635. The summed E-state index contributed by atoms with van der Waals surface area (Å²) in [5.41, 5.74) is 0. The predicted molar refractivity (Wildman–Crippen MR) is 221 cm³/mol. The molecule has 0 heterocycles. The number of amides is 1. The minimum absolute atomic E-state index is 0.0635. The average molecular weight is 706 g/mol. The molecule has 0 aromatic carbocycles. The number of hydrogen-bond acceptors (Lipinski definition) is 3. The summed E-state index contributed by atoms with van der Waals surface area (Å²) in [6, 6.07) is -0.615. The Labute approximate surface area is 314 Å². The van der Waals surface area contributed by atoms with Gasteiger partial charge in [0.2, 0.25) is 5.91 Å². The summed E-state index contributed by atoms with van der Waals surface area (Å²) in [4.78, 5) is 12.3. The first-order chi connectivity index (χ1) is 24.7. The molecule has 0 saturated heterocycles. The quantitative estimate of drug-likeness (QED) is 0.0437. The van der Waals surface area contributed by atoms with E-state index < -0.39 is 12.1 Å². The number of carbonyl (C=O) groups is 1. The Hall–Kier alpha value is -0.870. The van der Waals surface area contributed by atoms with Crippen molar-refractivity contribution < 1.29 is 15.0 Å². The van der Waals surface area contributed by atoms with Crippen molar-refractivity contribution in [2.24, 2.45) is 0 Å². The minimum Gasteiger partial charge on any atom is -0.394 e. The zero-order valence-corrected chi connectivity index (χ0v) is 34.2. The number of carbonyl (C=O) groups excluding carboxylic acids is 1. The first-order valence-corrected chi connectivity index (χ1v) is 22.9. The van der Waals surface area contributed by atoms with E-state index in [0.29, 0.717) is 6.42 Å². The van der Waals surface area contributed by atoms with Crippen LogP contribution in [0.3, 0.4) is 0 Å². The number of aliphatic hydroxyl groups is 2. The van der Waals surface area contributed by atoms with Crippen LogP contribution in [-0.4, -0.2) is 34.9 Å². The lowest BCUT2D eigenvalue weighted by molar-refractivity contribution is -0.123. The van der Waals surface area contributed by atoms with Gasteiger partial charge in [-0.1, -0.05) is 244 Å². The lowest BCUT2D eigenvalue weighted by Crippen LogP contribution is -2.45. The van der Waals surface area contributed by atoms with E-state index in [1.54, 1.807) is 6.08 Å². The molecule has 0 rings (SSSR count). The van der Waals surface area contributed by atoms with E-state index in [4.69, 9.17) is 0 Å². The van der Waals surface area contributed by atoms with Gasteiger partial charge in [-0.2, -0.15) is 0 Å². The molecule has 2 atom stereocenters. The first-order valence-electron chi connectivity index (χ1n) is 22.9. The second kappa shape index (κ2) is 42.5. The molecule has 0 radical (unpaired) electrons. The maximum atomic E-state index is 12.3. The maximum Gasteiger partial charge on any atom is 0.220 e. The number of unbranched alkanes of at least 4 members (excludes halogenated alkanes) is 35. The van der Waals surface area contributed by atoms with Crippen molar-refractivity contribution in [3.8, 4) is 0 Å². The summed E-state index contributed by atoms with van der Waals surface area (Å²) in [7, 11) is 0. The van der Waals surface area contributed by atoms with Crippen LogP contribution in [0.25, 0.3) is 0 Å². The molecule has 0 aliphatic heterocycles. The van der Waals surface area contributed by atoms with Gasteiger partial charge in [-0.05, 0) is 19.3 Å². The largest absolute Gasteiger partial charge is 0.394 e. The molecule has 2 unspecified atom stereocenters. The maximum absolute atomic E-state index is 12.3. The Bertz CT molecular complexity index is 680. The van der Waals surface area contributed by atoms with Gasteiger partial charge in [0.05, 0.1) is 18.8 Å². The molecular formula is C46H91NO3. The van der Waals surface area contributed by atoms with E-state index in [-0.39, 0.29) is 12.5 Å². The van der Waals surface area contributed by atoms with Crippen molar-refractivity contribution in [2.75, 3.05) is 6.61 Å². The molecule has 4 heteroatoms. The van der Waals surface area contributed by atoms with Gasteiger partial charge >= 0.3 is 0 Å². The molecule has 4 nitrogen and oxygen atoms in total. The summed E-state index contributed by atoms with van der Waals surface area (Å²) < 4.78 is 0. The highest BCUT2D eigenvalue weighted by molar-refractivity contribution is 5.76. The minimum atomic E-state index is -0.833. The van der Waals surface area contributed by atoms with Crippen LogP contribution in [0, 0.1) is 0 Å². The highest BCUT2D eigenvalue weighted by Gasteiger charge is 2.17. The zero-order valence-electron chi connectivity index (χ0n) is 34.2. The first kappa shape index (κ1) is 49.1. The van der Waals surface area contributed by atoms with Crippen molar-refractivity contribution in [1.82, 2.24) is 5.32 Å². The van der Waals surface area contributed by atoms with Gasteiger partial charge < -0.3 is 15.5 Å². The van der Waals surface area contributed by atoms with Gasteiger partial charge in [0.15, 0.2) is 0 Å². The van der Waals surface area contributed by atoms with E-state index in [9.17, 15) is 15.0 Å². The van der Waals surface area contributed by atoms with E-state index in [1.165, 1.54) is 212 Å². The Morgan fingerprint density at radius 1 is 0.460 bits per heavy atom. The van der Waals surface area contributed by atoms with Crippen LogP contribution in [0.4, 0.5) is 0 Å². The van der Waals surface area contributed by atoms with Gasteiger partial charge in [-0.25, -0.2) is 0 Å². The number of rotatable bonds is 42. The SMILES string of the molecule is CCCCCCCCCCCCCCCCCCCCCCCCCCCC/C=C/C(O)C(CO)NC(=O)CCCCCCCCCCCC. The van der Waals surface area contributed by atoms with Gasteiger partial charge in [-0.3, -0.25) is 4.79 Å². The molecular weight excluding hydrogens is 615 g/mol. The molecule has 0 fully saturated rings. The normalized spacial score (nSPS) is 13.0. The fraction of sp³-hybridized carbons (Fsp3) is 0.935. The fourth-order valence-corrected chi connectivity index (χ4v) is 7.24. The highest BCUT2D eigenvalue weighted by Crippen LogP contribution is 2.17. The Balaban J connectivity index is 3.43. The number of aliphatic hydroxyl groups excluding tert-OH is 2. The number of nitrogens with one attached hydrogen (secondary N) is 1. The summed E-state index contributed by atoms with van der Waals surface area (Å²) >= 11 is 0. The van der Waals surface area contributed by atoms with Crippen LogP contribution in [0.15, 0.2) is 12.2 Å². The Kier molecular flexibility index (Phi) is 41.8. The van der Waals surface area contributed by atoms with Gasteiger partial charge in [-0.15, -0.1) is 0 Å². The number of hydrogen-bond donors (Lipinski definition) is 3. The van der Waals surface area contributed by atoms with Gasteiger partial charge in [0, 0.05) is 6.42 Å². The Morgan fingerprint density at radius 2 is 0.740 bits per heavy atom. The van der Waals surface area contributed by atoms with E-state index in [2.05, 4.69) is 19.2 Å². The van der Waals surface area contributed by atoms with Crippen molar-refractivity contribution in [1.29, 1.82) is 0 Å². The molecule has 0 spiro atoms. The van der Waals surface area contributed by atoms with E-state index in [1.807, 2.05) is 6.08 Å². The highest BCUT2D eigenvalue weighted by atomic mass is 16.3. The average Bonchev–Trinajstić information content (AvgIpc) is 3.12. The van der Waals surface area contributed by atoms with Crippen LogP contribution in [0.5, 0.6) is 0 Å². The van der Waals surface area contributed by atoms with Gasteiger partial charge in [0.25, 0.3) is 0 Å². The molecule has 0 aromatic rings. The van der Waals surface area contributed by atoms with Crippen molar-refractivity contribution in [2.45, 2.75) is 270 Å². The zero-order chi connectivity index (χ0) is 36.4. The molecule has 0 saturated carbocycles.